The summed E-state index contributed by atoms with van der Waals surface area (Å²) in [5, 5.41) is 7.78. The third-order valence-corrected chi connectivity index (χ3v) is 5.27. The molecule has 2 aliphatic heterocycles. The maximum atomic E-state index is 6.24. The lowest BCUT2D eigenvalue weighted by molar-refractivity contribution is -0.0461. The van der Waals surface area contributed by atoms with Gasteiger partial charge in [-0.15, -0.1) is 0 Å². The van der Waals surface area contributed by atoms with Crippen LogP contribution in [0.1, 0.15) is 37.4 Å². The van der Waals surface area contributed by atoms with E-state index in [1.807, 2.05) is 36.4 Å². The van der Waals surface area contributed by atoms with Gasteiger partial charge in [-0.3, -0.25) is 0 Å². The van der Waals surface area contributed by atoms with Gasteiger partial charge in [0.25, 0.3) is 0 Å². The van der Waals surface area contributed by atoms with Gasteiger partial charge in [0.1, 0.15) is 5.75 Å². The Morgan fingerprint density at radius 3 is 2.67 bits per heavy atom. The average molecular weight is 406 g/mol. The molecule has 0 fully saturated rings. The molecule has 0 unspecified atom stereocenters. The SMILES string of the molecule is CC(C)[C@H]1Oc2ccc(Br)cc2[C@@H]2CC(c3ccc(Cl)cc3)=NN12. The first kappa shape index (κ1) is 16.0. The molecular weight excluding hydrogens is 388 g/mol. The molecule has 24 heavy (non-hydrogen) atoms. The van der Waals surface area contributed by atoms with Crippen LogP contribution >= 0.6 is 27.5 Å². The number of rotatable bonds is 2. The van der Waals surface area contributed by atoms with Crippen LogP contribution in [0.25, 0.3) is 0 Å². The molecule has 3 nitrogen and oxygen atoms in total. The maximum absolute atomic E-state index is 6.24. The van der Waals surface area contributed by atoms with Crippen molar-refractivity contribution in [2.24, 2.45) is 11.0 Å². The number of hydrogen-bond acceptors (Lipinski definition) is 3. The second-order valence-electron chi connectivity index (χ2n) is 6.59. The van der Waals surface area contributed by atoms with E-state index < -0.39 is 0 Å². The molecule has 2 aromatic rings. The Balaban J connectivity index is 1.75. The van der Waals surface area contributed by atoms with Gasteiger partial charge in [0.05, 0.1) is 11.8 Å². The molecule has 0 aliphatic carbocycles. The largest absolute Gasteiger partial charge is 0.468 e. The molecule has 0 saturated carbocycles. The molecule has 4 rings (SSSR count). The van der Waals surface area contributed by atoms with Gasteiger partial charge in [0, 0.05) is 27.4 Å². The van der Waals surface area contributed by atoms with Crippen LogP contribution in [0.3, 0.4) is 0 Å². The van der Waals surface area contributed by atoms with Gasteiger partial charge in [-0.1, -0.05) is 53.5 Å². The lowest BCUT2D eigenvalue weighted by Crippen LogP contribution is -2.43. The zero-order valence-electron chi connectivity index (χ0n) is 13.5. The van der Waals surface area contributed by atoms with Crippen molar-refractivity contribution in [2.45, 2.75) is 32.5 Å². The van der Waals surface area contributed by atoms with Gasteiger partial charge in [-0.25, -0.2) is 5.01 Å². The summed E-state index contributed by atoms with van der Waals surface area (Å²) in [5.41, 5.74) is 3.39. The second-order valence-corrected chi connectivity index (χ2v) is 7.94. The summed E-state index contributed by atoms with van der Waals surface area (Å²) < 4.78 is 7.31. The van der Waals surface area contributed by atoms with Crippen LogP contribution in [0, 0.1) is 5.92 Å². The summed E-state index contributed by atoms with van der Waals surface area (Å²) in [5.74, 6) is 1.31. The lowest BCUT2D eigenvalue weighted by Gasteiger charge is -2.40. The first-order chi connectivity index (χ1) is 11.5. The Bertz CT molecular complexity index is 804. The zero-order chi connectivity index (χ0) is 16.8. The number of benzene rings is 2. The zero-order valence-corrected chi connectivity index (χ0v) is 15.9. The number of hydrogen-bond donors (Lipinski definition) is 0. The molecule has 5 heteroatoms. The van der Waals surface area contributed by atoms with Crippen LogP contribution in [-0.4, -0.2) is 16.9 Å². The molecule has 2 heterocycles. The van der Waals surface area contributed by atoms with E-state index in [1.165, 1.54) is 5.56 Å². The van der Waals surface area contributed by atoms with Crippen LogP contribution in [0.5, 0.6) is 5.75 Å². The van der Waals surface area contributed by atoms with Gasteiger partial charge in [0.2, 0.25) is 0 Å². The Morgan fingerprint density at radius 2 is 1.96 bits per heavy atom. The number of nitrogens with zero attached hydrogens (tertiary/aromatic N) is 2. The molecule has 2 aliphatic rings. The molecule has 0 N–H and O–H groups in total. The Hall–Kier alpha value is -1.52. The minimum absolute atomic E-state index is 0.0477. The summed E-state index contributed by atoms with van der Waals surface area (Å²) in [6.07, 6.45) is 0.825. The van der Waals surface area contributed by atoms with Crippen molar-refractivity contribution < 1.29 is 4.74 Å². The van der Waals surface area contributed by atoms with E-state index in [-0.39, 0.29) is 12.3 Å². The molecule has 0 amide bonds. The highest BCUT2D eigenvalue weighted by Gasteiger charge is 2.41. The van der Waals surface area contributed by atoms with Crippen molar-refractivity contribution in [3.05, 3.63) is 63.1 Å². The fraction of sp³-hybridized carbons (Fsp3) is 0.316. The van der Waals surface area contributed by atoms with Gasteiger partial charge < -0.3 is 4.74 Å². The van der Waals surface area contributed by atoms with Gasteiger partial charge in [0.15, 0.2) is 6.23 Å². The van der Waals surface area contributed by atoms with Gasteiger partial charge in [-0.05, 0) is 35.9 Å². The Kier molecular flexibility index (Phi) is 4.05. The summed E-state index contributed by atoms with van der Waals surface area (Å²) in [7, 11) is 0. The molecule has 124 valence electrons. The minimum atomic E-state index is -0.0477. The van der Waals surface area contributed by atoms with Crippen molar-refractivity contribution >= 4 is 33.2 Å². The van der Waals surface area contributed by atoms with E-state index in [0.717, 1.165) is 32.9 Å². The average Bonchev–Trinajstić information content (AvgIpc) is 3.00. The fourth-order valence-corrected chi connectivity index (χ4v) is 3.85. The van der Waals surface area contributed by atoms with Crippen LogP contribution in [0.2, 0.25) is 5.02 Å². The Morgan fingerprint density at radius 1 is 1.21 bits per heavy atom. The normalized spacial score (nSPS) is 22.0. The monoisotopic (exact) mass is 404 g/mol. The highest BCUT2D eigenvalue weighted by atomic mass is 79.9. The summed E-state index contributed by atoms with van der Waals surface area (Å²) >= 11 is 9.59. The topological polar surface area (TPSA) is 24.8 Å². The summed E-state index contributed by atoms with van der Waals surface area (Å²) in [4.78, 5) is 0. The number of halogens is 2. The van der Waals surface area contributed by atoms with E-state index in [4.69, 9.17) is 21.4 Å². The standard InChI is InChI=1S/C19H18BrClN2O/c1-11(2)19-23-17(15-9-13(20)5-8-18(15)24-19)10-16(22-23)12-3-6-14(21)7-4-12/h3-9,11,17,19H,10H2,1-2H3/t17-,19+/m0/s1. The highest BCUT2D eigenvalue weighted by Crippen LogP contribution is 2.45. The molecule has 0 radical (unpaired) electrons. The molecule has 0 bridgehead atoms. The van der Waals surface area contributed by atoms with Gasteiger partial charge >= 0.3 is 0 Å². The first-order valence-electron chi connectivity index (χ1n) is 8.11. The van der Waals surface area contributed by atoms with Gasteiger partial charge in [-0.2, -0.15) is 5.10 Å². The predicted molar refractivity (Wildman–Crippen MR) is 101 cm³/mol. The fourth-order valence-electron chi connectivity index (χ4n) is 3.34. The minimum Gasteiger partial charge on any atom is -0.468 e. The number of fused-ring (bicyclic) bond motifs is 3. The van der Waals surface area contributed by atoms with E-state index in [2.05, 4.69) is 40.9 Å². The van der Waals surface area contributed by atoms with Crippen LogP contribution in [0.15, 0.2) is 52.0 Å². The molecule has 2 aromatic carbocycles. The molecule has 0 saturated heterocycles. The lowest BCUT2D eigenvalue weighted by atomic mass is 9.95. The quantitative estimate of drug-likeness (QED) is 0.647. The van der Waals surface area contributed by atoms with Crippen molar-refractivity contribution in [2.75, 3.05) is 0 Å². The van der Waals surface area contributed by atoms with Crippen molar-refractivity contribution in [3.63, 3.8) is 0 Å². The van der Waals surface area contributed by atoms with Crippen LogP contribution < -0.4 is 4.74 Å². The maximum Gasteiger partial charge on any atom is 0.190 e. The third kappa shape index (κ3) is 2.72. The van der Waals surface area contributed by atoms with Crippen molar-refractivity contribution in [1.82, 2.24) is 5.01 Å². The van der Waals surface area contributed by atoms with E-state index in [1.54, 1.807) is 0 Å². The number of hydrazone groups is 1. The smallest absolute Gasteiger partial charge is 0.190 e. The van der Waals surface area contributed by atoms with E-state index >= 15 is 0 Å². The highest BCUT2D eigenvalue weighted by molar-refractivity contribution is 9.10. The first-order valence-corrected chi connectivity index (χ1v) is 9.28. The predicted octanol–water partition coefficient (Wildman–Crippen LogP) is 5.63. The van der Waals surface area contributed by atoms with Crippen LogP contribution in [-0.2, 0) is 0 Å². The Labute approximate surface area is 155 Å². The summed E-state index contributed by atoms with van der Waals surface area (Å²) in [6.45, 7) is 4.34. The van der Waals surface area contributed by atoms with E-state index in [0.29, 0.717) is 5.92 Å². The van der Waals surface area contributed by atoms with Crippen molar-refractivity contribution in [1.29, 1.82) is 0 Å². The molecular formula is C19H18BrClN2O. The second kappa shape index (κ2) is 6.08. The third-order valence-electron chi connectivity index (χ3n) is 4.53. The number of ether oxygens (including phenoxy) is 1. The molecule has 2 atom stereocenters. The van der Waals surface area contributed by atoms with Crippen molar-refractivity contribution in [3.8, 4) is 5.75 Å². The molecule has 0 spiro atoms. The summed E-state index contributed by atoms with van der Waals surface area (Å²) in [6, 6.07) is 14.3. The van der Waals surface area contributed by atoms with Crippen LogP contribution in [0.4, 0.5) is 0 Å². The molecule has 0 aromatic heterocycles. The van der Waals surface area contributed by atoms with E-state index in [9.17, 15) is 0 Å².